The van der Waals surface area contributed by atoms with Crippen molar-refractivity contribution in [3.8, 4) is 0 Å². The zero-order valence-corrected chi connectivity index (χ0v) is 9.77. The number of rotatable bonds is 1. The summed E-state index contributed by atoms with van der Waals surface area (Å²) in [4.78, 5) is 23.2. The van der Waals surface area contributed by atoms with Gasteiger partial charge in [0.25, 0.3) is 0 Å². The highest BCUT2D eigenvalue weighted by atomic mass is 16.3. The maximum Gasteiger partial charge on any atom is 0.189 e. The van der Waals surface area contributed by atoms with Crippen LogP contribution in [0.1, 0.15) is 11.3 Å². The van der Waals surface area contributed by atoms with Crippen LogP contribution in [-0.2, 0) is 9.59 Å². The Labute approximate surface area is 103 Å². The predicted molar refractivity (Wildman–Crippen MR) is 68.1 cm³/mol. The Kier molecular flexibility index (Phi) is 2.27. The molecule has 0 bridgehead atoms. The summed E-state index contributed by atoms with van der Waals surface area (Å²) in [5.74, 6) is 0.0973. The maximum atomic E-state index is 11.8. The highest BCUT2D eigenvalue weighted by molar-refractivity contribution is 6.33. The fraction of sp³-hybridized carbons (Fsp3) is 0.0667. The average molecular weight is 238 g/mol. The van der Waals surface area contributed by atoms with E-state index < -0.39 is 0 Å². The van der Waals surface area contributed by atoms with Gasteiger partial charge in [0.15, 0.2) is 11.6 Å². The predicted octanol–water partition coefficient (Wildman–Crippen LogP) is 2.83. The quantitative estimate of drug-likeness (QED) is 0.718. The Balaban J connectivity index is 2.24. The molecule has 0 atom stereocenters. The maximum absolute atomic E-state index is 11.8. The molecule has 3 rings (SSSR count). The van der Waals surface area contributed by atoms with E-state index in [1.54, 1.807) is 0 Å². The molecule has 3 heteroatoms. The Hall–Kier alpha value is -2.42. The molecular formula is C15H10O3. The minimum atomic E-state index is -0.197. The van der Waals surface area contributed by atoms with E-state index in [0.717, 1.165) is 16.5 Å². The van der Waals surface area contributed by atoms with Crippen LogP contribution < -0.4 is 0 Å². The molecule has 0 aliphatic heterocycles. The minimum Gasteiger partial charge on any atom is -0.456 e. The third-order valence-corrected chi connectivity index (χ3v) is 3.04. The van der Waals surface area contributed by atoms with Crippen LogP contribution in [0.4, 0.5) is 0 Å². The summed E-state index contributed by atoms with van der Waals surface area (Å²) in [6.45, 7) is 1.89. The van der Waals surface area contributed by atoms with E-state index in [0.29, 0.717) is 11.3 Å². The minimum absolute atomic E-state index is 0.190. The van der Waals surface area contributed by atoms with Crippen molar-refractivity contribution in [3.05, 3.63) is 53.8 Å². The van der Waals surface area contributed by atoms with Gasteiger partial charge >= 0.3 is 0 Å². The summed E-state index contributed by atoms with van der Waals surface area (Å²) in [6, 6.07) is 7.56. The number of hydrogen-bond acceptors (Lipinski definition) is 3. The van der Waals surface area contributed by atoms with Crippen LogP contribution in [0.2, 0.25) is 0 Å². The summed E-state index contributed by atoms with van der Waals surface area (Å²) < 4.78 is 5.68. The van der Waals surface area contributed by atoms with Gasteiger partial charge in [0.05, 0.1) is 5.57 Å². The van der Waals surface area contributed by atoms with Crippen molar-refractivity contribution in [2.24, 2.45) is 0 Å². The smallest absolute Gasteiger partial charge is 0.189 e. The highest BCUT2D eigenvalue weighted by Gasteiger charge is 2.21. The van der Waals surface area contributed by atoms with E-state index in [9.17, 15) is 9.59 Å². The number of allylic oxidation sites excluding steroid dienone is 4. The van der Waals surface area contributed by atoms with Gasteiger partial charge in [-0.1, -0.05) is 18.2 Å². The first-order chi connectivity index (χ1) is 8.66. The Morgan fingerprint density at radius 2 is 1.83 bits per heavy atom. The number of carbonyl (C=O) groups is 2. The van der Waals surface area contributed by atoms with E-state index in [1.165, 1.54) is 18.2 Å². The van der Waals surface area contributed by atoms with Crippen molar-refractivity contribution >= 4 is 28.1 Å². The summed E-state index contributed by atoms with van der Waals surface area (Å²) in [6.07, 6.45) is 3.88. The second kappa shape index (κ2) is 3.81. The second-order valence-corrected chi connectivity index (χ2v) is 4.21. The van der Waals surface area contributed by atoms with Gasteiger partial charge < -0.3 is 4.42 Å². The Morgan fingerprint density at radius 1 is 1.06 bits per heavy atom. The number of aryl methyl sites for hydroxylation is 1. The van der Waals surface area contributed by atoms with Gasteiger partial charge in [-0.25, -0.2) is 0 Å². The van der Waals surface area contributed by atoms with Crippen LogP contribution in [0.5, 0.6) is 0 Å². The lowest BCUT2D eigenvalue weighted by Gasteiger charge is -2.04. The number of hydrogen-bond donors (Lipinski definition) is 0. The van der Waals surface area contributed by atoms with Gasteiger partial charge in [-0.2, -0.15) is 0 Å². The molecule has 0 saturated heterocycles. The fourth-order valence-electron chi connectivity index (χ4n) is 2.12. The number of furan rings is 1. The molecule has 1 heterocycles. The van der Waals surface area contributed by atoms with Gasteiger partial charge in [-0.15, -0.1) is 0 Å². The SMILES string of the molecule is Cc1c(C2=CC(=O)C=CC2=O)oc2ccccc12. The number of ketones is 2. The topological polar surface area (TPSA) is 47.3 Å². The van der Waals surface area contributed by atoms with Crippen LogP contribution in [-0.4, -0.2) is 11.6 Å². The number of carbonyl (C=O) groups excluding carboxylic acids is 2. The van der Waals surface area contributed by atoms with E-state index in [-0.39, 0.29) is 11.6 Å². The molecule has 0 unspecified atom stereocenters. The van der Waals surface area contributed by atoms with E-state index in [2.05, 4.69) is 0 Å². The first-order valence-corrected chi connectivity index (χ1v) is 5.63. The molecule has 88 valence electrons. The molecule has 1 aromatic heterocycles. The fourth-order valence-corrected chi connectivity index (χ4v) is 2.12. The van der Waals surface area contributed by atoms with Crippen molar-refractivity contribution in [2.75, 3.05) is 0 Å². The lowest BCUT2D eigenvalue weighted by Crippen LogP contribution is -2.06. The van der Waals surface area contributed by atoms with Crippen LogP contribution >= 0.6 is 0 Å². The molecule has 1 aromatic carbocycles. The lowest BCUT2D eigenvalue weighted by molar-refractivity contribution is -0.113. The molecule has 0 fully saturated rings. The number of fused-ring (bicyclic) bond motifs is 1. The lowest BCUT2D eigenvalue weighted by atomic mass is 9.98. The van der Waals surface area contributed by atoms with Crippen LogP contribution in [0.25, 0.3) is 16.5 Å². The van der Waals surface area contributed by atoms with Gasteiger partial charge in [-0.3, -0.25) is 9.59 Å². The normalized spacial score (nSPS) is 15.3. The van der Waals surface area contributed by atoms with Gasteiger partial charge in [0.1, 0.15) is 11.3 Å². The molecule has 0 amide bonds. The van der Waals surface area contributed by atoms with Gasteiger partial charge in [-0.05, 0) is 25.1 Å². The molecule has 2 aromatic rings. The summed E-state index contributed by atoms with van der Waals surface area (Å²) in [5.41, 5.74) is 1.94. The third-order valence-electron chi connectivity index (χ3n) is 3.04. The molecule has 3 nitrogen and oxygen atoms in total. The largest absolute Gasteiger partial charge is 0.456 e. The Bertz CT molecular complexity index is 729. The van der Waals surface area contributed by atoms with Gasteiger partial charge in [0, 0.05) is 17.0 Å². The molecule has 0 radical (unpaired) electrons. The highest BCUT2D eigenvalue weighted by Crippen LogP contribution is 2.31. The van der Waals surface area contributed by atoms with Crippen molar-refractivity contribution < 1.29 is 14.0 Å². The molecule has 18 heavy (non-hydrogen) atoms. The molecule has 0 saturated carbocycles. The van der Waals surface area contributed by atoms with Crippen molar-refractivity contribution in [3.63, 3.8) is 0 Å². The molecule has 0 spiro atoms. The molecule has 0 N–H and O–H groups in total. The monoisotopic (exact) mass is 238 g/mol. The van der Waals surface area contributed by atoms with Crippen LogP contribution in [0, 0.1) is 6.92 Å². The third kappa shape index (κ3) is 1.52. The van der Waals surface area contributed by atoms with Crippen molar-refractivity contribution in [1.82, 2.24) is 0 Å². The Morgan fingerprint density at radius 3 is 2.61 bits per heavy atom. The standard InChI is InChI=1S/C15H10O3/c1-9-11-4-2-3-5-14(11)18-15(9)12-8-10(16)6-7-13(12)17/h2-8H,1H3. The van der Waals surface area contributed by atoms with E-state index in [4.69, 9.17) is 4.42 Å². The van der Waals surface area contributed by atoms with Crippen molar-refractivity contribution in [1.29, 1.82) is 0 Å². The second-order valence-electron chi connectivity index (χ2n) is 4.21. The average Bonchev–Trinajstić information content (AvgIpc) is 2.71. The molecule has 1 aliphatic carbocycles. The van der Waals surface area contributed by atoms with E-state index >= 15 is 0 Å². The number of benzene rings is 1. The van der Waals surface area contributed by atoms with Crippen LogP contribution in [0.15, 0.2) is 46.9 Å². The first kappa shape index (κ1) is 10.7. The summed E-state index contributed by atoms with van der Waals surface area (Å²) >= 11 is 0. The summed E-state index contributed by atoms with van der Waals surface area (Å²) in [7, 11) is 0. The summed E-state index contributed by atoms with van der Waals surface area (Å²) in [5, 5.41) is 0.961. The molecule has 1 aliphatic rings. The zero-order valence-electron chi connectivity index (χ0n) is 9.77. The van der Waals surface area contributed by atoms with Gasteiger partial charge in [0.2, 0.25) is 0 Å². The van der Waals surface area contributed by atoms with Crippen molar-refractivity contribution in [2.45, 2.75) is 6.92 Å². The number of para-hydroxylation sites is 1. The first-order valence-electron chi connectivity index (χ1n) is 5.63. The van der Waals surface area contributed by atoms with Crippen LogP contribution in [0.3, 0.4) is 0 Å². The molecular weight excluding hydrogens is 228 g/mol. The van der Waals surface area contributed by atoms with E-state index in [1.807, 2.05) is 31.2 Å². The zero-order chi connectivity index (χ0) is 12.7.